The third-order valence-corrected chi connectivity index (χ3v) is 8.27. The van der Waals surface area contributed by atoms with Crippen molar-refractivity contribution < 1.29 is 23.3 Å². The van der Waals surface area contributed by atoms with Crippen molar-refractivity contribution in [3.63, 3.8) is 0 Å². The number of aryl methyl sites for hydroxylation is 3. The van der Waals surface area contributed by atoms with Crippen LogP contribution in [0.15, 0.2) is 103 Å². The van der Waals surface area contributed by atoms with Crippen molar-refractivity contribution >= 4 is 28.4 Å². The fourth-order valence-electron chi connectivity index (χ4n) is 5.65. The van der Waals surface area contributed by atoms with Crippen LogP contribution in [0.2, 0.25) is 0 Å². The van der Waals surface area contributed by atoms with Gasteiger partial charge in [0.25, 0.3) is 0 Å². The maximum atomic E-state index is 3.06. The van der Waals surface area contributed by atoms with Gasteiger partial charge in [-0.25, -0.2) is 0 Å². The second kappa shape index (κ2) is 16.0. The van der Waals surface area contributed by atoms with Crippen LogP contribution in [0.4, 0.5) is 0 Å². The van der Waals surface area contributed by atoms with Gasteiger partial charge in [-0.05, 0) is 34.9 Å². The first kappa shape index (κ1) is 37.4. The summed E-state index contributed by atoms with van der Waals surface area (Å²) >= 11 is 1.36. The normalized spacial score (nSPS) is 10.7. The molecule has 6 aromatic carbocycles. The van der Waals surface area contributed by atoms with Crippen LogP contribution in [0.3, 0.4) is 0 Å². The first-order chi connectivity index (χ1) is 20.0. The quantitative estimate of drug-likeness (QED) is 0.130. The monoisotopic (exact) mass is 670 g/mol. The van der Waals surface area contributed by atoms with E-state index in [4.69, 9.17) is 0 Å². The zero-order valence-electron chi connectivity index (χ0n) is 28.4. The van der Waals surface area contributed by atoms with Crippen LogP contribution in [0.25, 0.3) is 43.8 Å². The Morgan fingerprint density at radius 2 is 1.27 bits per heavy atom. The average molecular weight is 672 g/mol. The summed E-state index contributed by atoms with van der Waals surface area (Å²) in [6.07, 6.45) is 0. The Kier molecular flexibility index (Phi) is 13.6. The molecule has 0 aliphatic carbocycles. The number of rotatable bonds is 3. The predicted molar refractivity (Wildman–Crippen MR) is 196 cm³/mol. The van der Waals surface area contributed by atoms with Crippen LogP contribution < -0.4 is 0 Å². The molecule has 0 nitrogen and oxygen atoms in total. The van der Waals surface area contributed by atoms with Gasteiger partial charge >= 0.3 is 30.2 Å². The van der Waals surface area contributed by atoms with E-state index in [-0.39, 0.29) is 20.3 Å². The Labute approximate surface area is 284 Å². The second-order valence-corrected chi connectivity index (χ2v) is 12.7. The first-order valence-electron chi connectivity index (χ1n) is 14.8. The minimum absolute atomic E-state index is 0. The second-order valence-electron chi connectivity index (χ2n) is 12.7. The van der Waals surface area contributed by atoms with Gasteiger partial charge in [-0.15, -0.1) is 62.5 Å². The Bertz CT molecular complexity index is 1770. The van der Waals surface area contributed by atoms with Crippen molar-refractivity contribution in [1.29, 1.82) is 0 Å². The molecule has 6 rings (SSSR count). The van der Waals surface area contributed by atoms with Gasteiger partial charge in [0.1, 0.15) is 0 Å². The van der Waals surface area contributed by atoms with Crippen LogP contribution in [0.5, 0.6) is 0 Å². The van der Waals surface area contributed by atoms with Crippen LogP contribution in [-0.4, -0.2) is 6.88 Å². The fraction of sp³-hybridized carbons (Fsp3) is 0.238. The van der Waals surface area contributed by atoms with E-state index in [1.54, 1.807) is 0 Å². The van der Waals surface area contributed by atoms with Crippen molar-refractivity contribution in [2.45, 2.75) is 66.7 Å². The van der Waals surface area contributed by atoms with E-state index in [9.17, 15) is 0 Å². The van der Waals surface area contributed by atoms with Crippen molar-refractivity contribution in [1.82, 2.24) is 0 Å². The summed E-state index contributed by atoms with van der Waals surface area (Å²) in [7, 11) is 0. The molecule has 0 atom stereocenters. The molecule has 0 N–H and O–H groups in total. The summed E-state index contributed by atoms with van der Waals surface area (Å²) in [5.74, 6) is 0.584. The number of hydrogen-bond acceptors (Lipinski definition) is 0. The van der Waals surface area contributed by atoms with Gasteiger partial charge in [0, 0.05) is 0 Å². The van der Waals surface area contributed by atoms with E-state index in [1.807, 2.05) is 0 Å². The molecule has 0 aliphatic rings. The standard InChI is InChI=1S/C22H25.C18H17.2CH3.Si.Zr/c1-14-11-19-16(3)15(2)13-20(21(19)12-14)17-7-9-18(10-8-17)22(4,5)6;1-13(2)16-11-15-9-6-10-17(18(15)12-16)14-7-4-3-5-8-14;;;;/h7-13H,1-6H3;3-13H,1-2H3;2*1H3;;/q4*-1;;. The van der Waals surface area contributed by atoms with Crippen LogP contribution in [0.1, 0.15) is 68.4 Å². The van der Waals surface area contributed by atoms with Crippen molar-refractivity contribution in [2.75, 3.05) is 0 Å². The van der Waals surface area contributed by atoms with E-state index in [0.29, 0.717) is 5.92 Å². The molecule has 0 bridgehead atoms. The summed E-state index contributed by atoms with van der Waals surface area (Å²) < 4.78 is 0. The third kappa shape index (κ3) is 8.26. The summed E-state index contributed by atoms with van der Waals surface area (Å²) in [6.45, 7) is 21.0. The summed E-state index contributed by atoms with van der Waals surface area (Å²) in [4.78, 5) is 0. The van der Waals surface area contributed by atoms with Crippen LogP contribution in [0, 0.1) is 35.6 Å². The molecule has 0 fully saturated rings. The predicted octanol–water partition coefficient (Wildman–Crippen LogP) is 12.3. The van der Waals surface area contributed by atoms with E-state index in [2.05, 4.69) is 165 Å². The average Bonchev–Trinajstić information content (AvgIpc) is 3.61. The van der Waals surface area contributed by atoms with Crippen LogP contribution >= 0.6 is 0 Å². The van der Waals surface area contributed by atoms with Gasteiger partial charge < -0.3 is 14.9 Å². The Hall–Kier alpha value is -2.80. The van der Waals surface area contributed by atoms with Crippen molar-refractivity contribution in [3.8, 4) is 22.3 Å². The molecule has 44 heavy (non-hydrogen) atoms. The molecule has 228 valence electrons. The van der Waals surface area contributed by atoms with E-state index in [0.717, 1.165) is 0 Å². The summed E-state index contributed by atoms with van der Waals surface area (Å²) in [5, 5.41) is 5.49. The summed E-state index contributed by atoms with van der Waals surface area (Å²) in [6, 6.07) is 37.9. The Balaban J connectivity index is 0.000000283. The number of hydrogen-bond donors (Lipinski definition) is 0. The first-order valence-corrected chi connectivity index (χ1v) is 19.0. The molecule has 0 aromatic heterocycles. The van der Waals surface area contributed by atoms with Crippen molar-refractivity contribution in [2.24, 2.45) is 0 Å². The molecule has 2 radical (unpaired) electrons. The van der Waals surface area contributed by atoms with Gasteiger partial charge in [-0.2, -0.15) is 12.1 Å². The fourth-order valence-corrected chi connectivity index (χ4v) is 5.65. The number of benzene rings is 4. The van der Waals surface area contributed by atoms with Gasteiger partial charge in [0.2, 0.25) is 0 Å². The topological polar surface area (TPSA) is 0 Å². The zero-order chi connectivity index (χ0) is 30.6. The van der Waals surface area contributed by atoms with Crippen molar-refractivity contribution in [3.05, 3.63) is 146 Å². The van der Waals surface area contributed by atoms with E-state index < -0.39 is 0 Å². The molecule has 6 aromatic rings. The Morgan fingerprint density at radius 3 is 1.86 bits per heavy atom. The molecule has 0 aliphatic heterocycles. The van der Waals surface area contributed by atoms with Gasteiger partial charge in [-0.1, -0.05) is 132 Å². The molecule has 0 spiro atoms. The van der Waals surface area contributed by atoms with E-state index >= 15 is 0 Å². The van der Waals surface area contributed by atoms with Gasteiger partial charge in [-0.3, -0.25) is 0 Å². The third-order valence-electron chi connectivity index (χ3n) is 8.27. The minimum atomic E-state index is 0. The maximum absolute atomic E-state index is 3.06. The zero-order valence-corrected chi connectivity index (χ0v) is 31.9. The molecular weight excluding hydrogens is 624 g/mol. The molecule has 0 amide bonds. The molecule has 2 heteroatoms. The molecule has 0 saturated heterocycles. The Morgan fingerprint density at radius 1 is 0.659 bits per heavy atom. The molecular formula is C42H48SiZr-4. The van der Waals surface area contributed by atoms with Gasteiger partial charge in [0.05, 0.1) is 0 Å². The molecule has 0 unspecified atom stereocenters. The number of fused-ring (bicyclic) bond motifs is 2. The summed E-state index contributed by atoms with van der Waals surface area (Å²) in [5.41, 5.74) is 12.4. The SMILES string of the molecule is CC(C)c1cc2c(-c3ccccc3)cccc2[cH-]1.Cc1cc2c(-c3ccc(C(C)(C)C)cc3)cc(C)c(C)c2[cH-]1.[CH3-].[CH3-].[Si]=[Zr]. The van der Waals surface area contributed by atoms with E-state index in [1.165, 1.54) is 95.0 Å². The van der Waals surface area contributed by atoms with Crippen LogP contribution in [-0.2, 0) is 28.8 Å². The van der Waals surface area contributed by atoms with Gasteiger partial charge in [0.15, 0.2) is 0 Å². The molecule has 0 heterocycles. The molecule has 0 saturated carbocycles.